The van der Waals surface area contributed by atoms with Crippen molar-refractivity contribution in [3.63, 3.8) is 0 Å². The summed E-state index contributed by atoms with van der Waals surface area (Å²) in [5, 5.41) is 0.448. The van der Waals surface area contributed by atoms with Crippen LogP contribution in [0.2, 0.25) is 0 Å². The SMILES string of the molecule is O=C1C2CC3CSC1C3C2. The molecule has 0 aromatic heterocycles. The van der Waals surface area contributed by atoms with Gasteiger partial charge in [0.2, 0.25) is 0 Å². The van der Waals surface area contributed by atoms with Gasteiger partial charge < -0.3 is 0 Å². The van der Waals surface area contributed by atoms with E-state index in [1.54, 1.807) is 0 Å². The standard InChI is InChI=1S/C8H10OS/c9-7-4-1-5-3-10-8(7)6(5)2-4/h4-6,8H,1-3H2. The van der Waals surface area contributed by atoms with Gasteiger partial charge in [0.1, 0.15) is 5.78 Å². The average Bonchev–Trinajstić information content (AvgIpc) is 2.43. The summed E-state index contributed by atoms with van der Waals surface area (Å²) in [6.07, 6.45) is 2.47. The van der Waals surface area contributed by atoms with Gasteiger partial charge in [-0.25, -0.2) is 0 Å². The van der Waals surface area contributed by atoms with Crippen LogP contribution in [0.1, 0.15) is 12.8 Å². The maximum Gasteiger partial charge on any atom is 0.149 e. The first-order valence-electron chi connectivity index (χ1n) is 4.01. The van der Waals surface area contributed by atoms with Gasteiger partial charge in [-0.15, -0.1) is 0 Å². The molecule has 0 aromatic rings. The maximum atomic E-state index is 11.4. The molecule has 0 amide bonds. The lowest BCUT2D eigenvalue weighted by atomic mass is 9.90. The van der Waals surface area contributed by atoms with Crippen LogP contribution in [0, 0.1) is 17.8 Å². The van der Waals surface area contributed by atoms with Crippen molar-refractivity contribution < 1.29 is 4.79 Å². The van der Waals surface area contributed by atoms with Crippen LogP contribution in [0.3, 0.4) is 0 Å². The Bertz CT molecular complexity index is 199. The van der Waals surface area contributed by atoms with Gasteiger partial charge in [-0.05, 0) is 30.4 Å². The van der Waals surface area contributed by atoms with E-state index in [9.17, 15) is 4.79 Å². The van der Waals surface area contributed by atoms with Crippen LogP contribution in [0.5, 0.6) is 0 Å². The van der Waals surface area contributed by atoms with Gasteiger partial charge in [0, 0.05) is 5.92 Å². The molecule has 1 heterocycles. The van der Waals surface area contributed by atoms with E-state index in [0.717, 1.165) is 11.8 Å². The van der Waals surface area contributed by atoms with Gasteiger partial charge in [0.15, 0.2) is 0 Å². The summed E-state index contributed by atoms with van der Waals surface area (Å²) < 4.78 is 0. The summed E-state index contributed by atoms with van der Waals surface area (Å²) in [7, 11) is 0. The second kappa shape index (κ2) is 1.60. The van der Waals surface area contributed by atoms with Gasteiger partial charge in [0.25, 0.3) is 0 Å². The van der Waals surface area contributed by atoms with E-state index >= 15 is 0 Å². The minimum absolute atomic E-state index is 0.448. The highest BCUT2D eigenvalue weighted by Crippen LogP contribution is 2.56. The molecule has 0 spiro atoms. The quantitative estimate of drug-likeness (QED) is 0.523. The van der Waals surface area contributed by atoms with E-state index in [2.05, 4.69) is 0 Å². The lowest BCUT2D eigenvalue weighted by Crippen LogP contribution is -2.23. The van der Waals surface area contributed by atoms with Crippen molar-refractivity contribution >= 4 is 17.5 Å². The van der Waals surface area contributed by atoms with E-state index < -0.39 is 0 Å². The number of ketones is 1. The monoisotopic (exact) mass is 154 g/mol. The molecule has 10 heavy (non-hydrogen) atoms. The zero-order chi connectivity index (χ0) is 6.72. The number of carbonyl (C=O) groups is 1. The van der Waals surface area contributed by atoms with Crippen LogP contribution in [0.15, 0.2) is 0 Å². The molecule has 0 N–H and O–H groups in total. The topological polar surface area (TPSA) is 17.1 Å². The Kier molecular flexibility index (Phi) is 0.905. The van der Waals surface area contributed by atoms with E-state index in [-0.39, 0.29) is 0 Å². The van der Waals surface area contributed by atoms with Gasteiger partial charge in [-0.3, -0.25) is 4.79 Å². The zero-order valence-electron chi connectivity index (χ0n) is 5.75. The second-order valence-corrected chi connectivity index (χ2v) is 4.92. The highest BCUT2D eigenvalue weighted by molar-refractivity contribution is 8.00. The minimum atomic E-state index is 0.448. The summed E-state index contributed by atoms with van der Waals surface area (Å²) in [5.41, 5.74) is 0. The number of hydrogen-bond donors (Lipinski definition) is 0. The van der Waals surface area contributed by atoms with Crippen molar-refractivity contribution in [1.29, 1.82) is 0 Å². The smallest absolute Gasteiger partial charge is 0.149 e. The second-order valence-electron chi connectivity index (χ2n) is 3.75. The van der Waals surface area contributed by atoms with Crippen molar-refractivity contribution in [2.24, 2.45) is 17.8 Å². The molecule has 4 unspecified atom stereocenters. The number of rotatable bonds is 0. The predicted octanol–water partition coefficient (Wildman–Crippen LogP) is 1.33. The van der Waals surface area contributed by atoms with Crippen LogP contribution in [0.4, 0.5) is 0 Å². The fourth-order valence-electron chi connectivity index (χ4n) is 2.83. The maximum absolute atomic E-state index is 11.4. The van der Waals surface area contributed by atoms with Crippen molar-refractivity contribution in [2.45, 2.75) is 18.1 Å². The molecular weight excluding hydrogens is 144 g/mol. The molecule has 1 saturated heterocycles. The van der Waals surface area contributed by atoms with E-state index in [1.807, 2.05) is 11.8 Å². The highest BCUT2D eigenvalue weighted by Gasteiger charge is 2.55. The van der Waals surface area contributed by atoms with E-state index in [1.165, 1.54) is 18.6 Å². The molecule has 4 atom stereocenters. The van der Waals surface area contributed by atoms with Crippen molar-refractivity contribution in [3.05, 3.63) is 0 Å². The summed E-state index contributed by atoms with van der Waals surface area (Å²) in [6, 6.07) is 0. The average molecular weight is 154 g/mol. The number of thioether (sulfide) groups is 1. The molecule has 2 bridgehead atoms. The molecule has 1 nitrogen and oxygen atoms in total. The fourth-order valence-corrected chi connectivity index (χ4v) is 4.60. The number of carbonyl (C=O) groups excluding carboxylic acids is 1. The molecule has 2 saturated carbocycles. The molecule has 0 aromatic carbocycles. The largest absolute Gasteiger partial charge is 0.298 e. The predicted molar refractivity (Wildman–Crippen MR) is 41.0 cm³/mol. The molecule has 3 fully saturated rings. The Morgan fingerprint density at radius 2 is 2.30 bits per heavy atom. The first-order valence-corrected chi connectivity index (χ1v) is 5.06. The Morgan fingerprint density at radius 3 is 3.00 bits per heavy atom. The Morgan fingerprint density at radius 1 is 1.40 bits per heavy atom. The number of fused-ring (bicyclic) bond motifs is 1. The molecule has 54 valence electrons. The molecule has 0 radical (unpaired) electrons. The van der Waals surface area contributed by atoms with E-state index in [4.69, 9.17) is 0 Å². The van der Waals surface area contributed by atoms with E-state index in [0.29, 0.717) is 17.0 Å². The van der Waals surface area contributed by atoms with Crippen molar-refractivity contribution in [2.75, 3.05) is 5.75 Å². The molecular formula is C8H10OS. The lowest BCUT2D eigenvalue weighted by Gasteiger charge is -2.14. The van der Waals surface area contributed by atoms with Crippen LogP contribution in [-0.2, 0) is 4.79 Å². The van der Waals surface area contributed by atoms with Gasteiger partial charge in [0.05, 0.1) is 5.25 Å². The molecule has 2 aliphatic carbocycles. The van der Waals surface area contributed by atoms with Crippen molar-refractivity contribution in [1.82, 2.24) is 0 Å². The van der Waals surface area contributed by atoms with Crippen LogP contribution in [-0.4, -0.2) is 16.8 Å². The minimum Gasteiger partial charge on any atom is -0.298 e. The summed E-state index contributed by atoms with van der Waals surface area (Å²) >= 11 is 1.92. The summed E-state index contributed by atoms with van der Waals surface area (Å²) in [4.78, 5) is 11.4. The van der Waals surface area contributed by atoms with Gasteiger partial charge in [-0.2, -0.15) is 11.8 Å². The third-order valence-corrected chi connectivity index (χ3v) is 4.87. The molecule has 3 aliphatic rings. The summed E-state index contributed by atoms with van der Waals surface area (Å²) in [5.74, 6) is 4.09. The first-order chi connectivity index (χ1) is 4.86. The Balaban J connectivity index is 2.08. The number of Topliss-reactive ketones (excluding diaryl/α,β-unsaturated/α-hetero) is 1. The van der Waals surface area contributed by atoms with Gasteiger partial charge in [-0.1, -0.05) is 0 Å². The van der Waals surface area contributed by atoms with Crippen molar-refractivity contribution in [3.8, 4) is 0 Å². The molecule has 1 aliphatic heterocycles. The normalized spacial score (nSPS) is 56.6. The van der Waals surface area contributed by atoms with Crippen LogP contribution >= 0.6 is 11.8 Å². The van der Waals surface area contributed by atoms with Crippen LogP contribution < -0.4 is 0 Å². The van der Waals surface area contributed by atoms with Crippen LogP contribution in [0.25, 0.3) is 0 Å². The third-order valence-electron chi connectivity index (χ3n) is 3.31. The zero-order valence-corrected chi connectivity index (χ0v) is 6.56. The Hall–Kier alpha value is 0.0200. The molecule has 3 rings (SSSR count). The summed E-state index contributed by atoms with van der Waals surface area (Å²) in [6.45, 7) is 0. The lowest BCUT2D eigenvalue weighted by molar-refractivity contribution is -0.121. The first kappa shape index (κ1) is 5.64. The number of hydrogen-bond acceptors (Lipinski definition) is 2. The van der Waals surface area contributed by atoms with Gasteiger partial charge >= 0.3 is 0 Å². The molecule has 2 heteroatoms. The Labute approximate surface area is 64.6 Å². The highest BCUT2D eigenvalue weighted by atomic mass is 32.2. The third kappa shape index (κ3) is 0.469. The fraction of sp³-hybridized carbons (Fsp3) is 0.875.